The molecule has 3 nitrogen and oxygen atoms in total. The summed E-state index contributed by atoms with van der Waals surface area (Å²) in [5, 5.41) is 0. The summed E-state index contributed by atoms with van der Waals surface area (Å²) in [6.07, 6.45) is 0. The second-order valence-corrected chi connectivity index (χ2v) is 6.27. The molecule has 106 valence electrons. The highest BCUT2D eigenvalue weighted by molar-refractivity contribution is 5.20. The van der Waals surface area contributed by atoms with Crippen LogP contribution in [0.5, 0.6) is 0 Å². The van der Waals surface area contributed by atoms with Gasteiger partial charge in [-0.25, -0.2) is 0 Å². The molecule has 0 amide bonds. The van der Waals surface area contributed by atoms with Crippen LogP contribution in [0.15, 0.2) is 30.3 Å². The number of ether oxygens (including phenoxy) is 1. The third kappa shape index (κ3) is 3.56. The second kappa shape index (κ2) is 6.04. The van der Waals surface area contributed by atoms with E-state index in [1.165, 1.54) is 5.56 Å². The number of nitrogens with zero attached hydrogens (tertiary/aromatic N) is 1. The van der Waals surface area contributed by atoms with Gasteiger partial charge >= 0.3 is 0 Å². The number of rotatable bonds is 4. The van der Waals surface area contributed by atoms with Crippen molar-refractivity contribution in [2.45, 2.75) is 32.9 Å². The van der Waals surface area contributed by atoms with Gasteiger partial charge in [-0.15, -0.1) is 0 Å². The lowest BCUT2D eigenvalue weighted by Crippen LogP contribution is -2.49. The molecule has 1 aliphatic rings. The van der Waals surface area contributed by atoms with Crippen molar-refractivity contribution in [1.82, 2.24) is 4.90 Å². The fraction of sp³-hybridized carbons (Fsp3) is 0.625. The molecule has 1 saturated heterocycles. The van der Waals surface area contributed by atoms with Gasteiger partial charge in [-0.05, 0) is 17.9 Å². The van der Waals surface area contributed by atoms with E-state index in [-0.39, 0.29) is 11.5 Å². The van der Waals surface area contributed by atoms with E-state index < -0.39 is 0 Å². The summed E-state index contributed by atoms with van der Waals surface area (Å²) in [5.41, 5.74) is 7.74. The molecule has 0 spiro atoms. The summed E-state index contributed by atoms with van der Waals surface area (Å²) in [5.74, 6) is 0. The Morgan fingerprint density at radius 3 is 2.68 bits per heavy atom. The van der Waals surface area contributed by atoms with E-state index >= 15 is 0 Å². The number of nitrogens with two attached hydrogens (primary N) is 1. The number of hydrogen-bond acceptors (Lipinski definition) is 3. The zero-order chi connectivity index (χ0) is 13.9. The van der Waals surface area contributed by atoms with Crippen molar-refractivity contribution in [2.24, 2.45) is 11.1 Å². The standard InChI is InChI=1S/C16H26N2O/c1-13-11-19-10-9-18(13)12-16(2,3)15(17)14-7-5-4-6-8-14/h4-8,13,15H,9-12,17H2,1-3H3. The van der Waals surface area contributed by atoms with Crippen LogP contribution in [0.25, 0.3) is 0 Å². The SMILES string of the molecule is CC1COCCN1CC(C)(C)C(N)c1ccccc1. The molecular weight excluding hydrogens is 236 g/mol. The second-order valence-electron chi connectivity index (χ2n) is 6.27. The number of hydrogen-bond donors (Lipinski definition) is 1. The monoisotopic (exact) mass is 262 g/mol. The maximum Gasteiger partial charge on any atom is 0.0619 e. The first kappa shape index (κ1) is 14.5. The molecule has 3 heteroatoms. The highest BCUT2D eigenvalue weighted by atomic mass is 16.5. The van der Waals surface area contributed by atoms with Crippen LogP contribution in [-0.4, -0.2) is 37.2 Å². The molecule has 0 bridgehead atoms. The Kier molecular flexibility index (Phi) is 4.61. The summed E-state index contributed by atoms with van der Waals surface area (Å²) in [4.78, 5) is 2.49. The van der Waals surface area contributed by atoms with Gasteiger partial charge in [0.15, 0.2) is 0 Å². The van der Waals surface area contributed by atoms with Crippen LogP contribution in [-0.2, 0) is 4.74 Å². The van der Waals surface area contributed by atoms with Crippen LogP contribution < -0.4 is 5.73 Å². The third-order valence-corrected chi connectivity index (χ3v) is 4.12. The van der Waals surface area contributed by atoms with Crippen molar-refractivity contribution in [1.29, 1.82) is 0 Å². The van der Waals surface area contributed by atoms with E-state index in [9.17, 15) is 0 Å². The average molecular weight is 262 g/mol. The minimum Gasteiger partial charge on any atom is -0.379 e. The van der Waals surface area contributed by atoms with E-state index in [0.29, 0.717) is 6.04 Å². The lowest BCUT2D eigenvalue weighted by molar-refractivity contribution is -0.0193. The van der Waals surface area contributed by atoms with Gasteiger partial charge in [-0.3, -0.25) is 4.90 Å². The molecule has 2 rings (SSSR count). The van der Waals surface area contributed by atoms with Crippen molar-refractivity contribution >= 4 is 0 Å². The lowest BCUT2D eigenvalue weighted by Gasteiger charge is -2.41. The molecule has 0 aliphatic carbocycles. The quantitative estimate of drug-likeness (QED) is 0.905. The van der Waals surface area contributed by atoms with Crippen molar-refractivity contribution in [3.63, 3.8) is 0 Å². The Labute approximate surface area is 116 Å². The topological polar surface area (TPSA) is 38.5 Å². The molecule has 1 aliphatic heterocycles. The first-order valence-electron chi connectivity index (χ1n) is 7.13. The number of morpholine rings is 1. The zero-order valence-electron chi connectivity index (χ0n) is 12.3. The highest BCUT2D eigenvalue weighted by Crippen LogP contribution is 2.32. The Morgan fingerprint density at radius 1 is 1.37 bits per heavy atom. The maximum absolute atomic E-state index is 6.48. The van der Waals surface area contributed by atoms with Crippen molar-refractivity contribution in [3.8, 4) is 0 Å². The Morgan fingerprint density at radius 2 is 2.05 bits per heavy atom. The van der Waals surface area contributed by atoms with Gasteiger partial charge in [0.05, 0.1) is 13.2 Å². The van der Waals surface area contributed by atoms with E-state index in [4.69, 9.17) is 10.5 Å². The summed E-state index contributed by atoms with van der Waals surface area (Å²) in [6, 6.07) is 10.9. The third-order valence-electron chi connectivity index (χ3n) is 4.12. The van der Waals surface area contributed by atoms with E-state index in [2.05, 4.69) is 49.9 Å². The lowest BCUT2D eigenvalue weighted by atomic mass is 9.80. The molecule has 0 saturated carbocycles. The van der Waals surface area contributed by atoms with E-state index in [1.54, 1.807) is 0 Å². The zero-order valence-corrected chi connectivity index (χ0v) is 12.3. The van der Waals surface area contributed by atoms with Gasteiger partial charge in [0.1, 0.15) is 0 Å². The van der Waals surface area contributed by atoms with Crippen LogP contribution in [0.4, 0.5) is 0 Å². The smallest absolute Gasteiger partial charge is 0.0619 e. The van der Waals surface area contributed by atoms with Crippen LogP contribution in [0.3, 0.4) is 0 Å². The minimum atomic E-state index is 0.0486. The van der Waals surface area contributed by atoms with Gasteiger partial charge in [0, 0.05) is 25.2 Å². The molecule has 2 N–H and O–H groups in total. The minimum absolute atomic E-state index is 0.0486. The average Bonchev–Trinajstić information content (AvgIpc) is 2.41. The molecule has 1 aromatic carbocycles. The van der Waals surface area contributed by atoms with Gasteiger partial charge in [0.25, 0.3) is 0 Å². The molecule has 1 fully saturated rings. The molecule has 1 heterocycles. The molecular formula is C16H26N2O. The van der Waals surface area contributed by atoms with Crippen LogP contribution in [0, 0.1) is 5.41 Å². The van der Waals surface area contributed by atoms with E-state index in [1.807, 2.05) is 6.07 Å². The first-order valence-corrected chi connectivity index (χ1v) is 7.13. The molecule has 1 aromatic rings. The fourth-order valence-corrected chi connectivity index (χ4v) is 2.73. The summed E-state index contributed by atoms with van der Waals surface area (Å²) >= 11 is 0. The van der Waals surface area contributed by atoms with Crippen LogP contribution in [0.2, 0.25) is 0 Å². The fourth-order valence-electron chi connectivity index (χ4n) is 2.73. The Bertz CT molecular complexity index is 391. The molecule has 0 aromatic heterocycles. The molecule has 19 heavy (non-hydrogen) atoms. The Balaban J connectivity index is 2.04. The van der Waals surface area contributed by atoms with Crippen molar-refractivity contribution in [3.05, 3.63) is 35.9 Å². The predicted octanol–water partition coefficient (Wildman–Crippen LogP) is 2.43. The highest BCUT2D eigenvalue weighted by Gasteiger charge is 2.32. The van der Waals surface area contributed by atoms with Crippen molar-refractivity contribution < 1.29 is 4.74 Å². The van der Waals surface area contributed by atoms with Gasteiger partial charge in [-0.1, -0.05) is 44.2 Å². The number of benzene rings is 1. The molecule has 2 atom stereocenters. The van der Waals surface area contributed by atoms with Crippen molar-refractivity contribution in [2.75, 3.05) is 26.3 Å². The molecule has 2 unspecified atom stereocenters. The molecule has 0 radical (unpaired) electrons. The Hall–Kier alpha value is -0.900. The predicted molar refractivity (Wildman–Crippen MR) is 79.0 cm³/mol. The first-order chi connectivity index (χ1) is 9.00. The summed E-state index contributed by atoms with van der Waals surface area (Å²) in [6.45, 7) is 10.4. The normalized spacial score (nSPS) is 23.3. The largest absolute Gasteiger partial charge is 0.379 e. The van der Waals surface area contributed by atoms with Gasteiger partial charge < -0.3 is 10.5 Å². The van der Waals surface area contributed by atoms with Crippen LogP contribution in [0.1, 0.15) is 32.4 Å². The van der Waals surface area contributed by atoms with E-state index in [0.717, 1.165) is 26.3 Å². The van der Waals surface area contributed by atoms with Crippen LogP contribution >= 0.6 is 0 Å². The summed E-state index contributed by atoms with van der Waals surface area (Å²) < 4.78 is 5.50. The van der Waals surface area contributed by atoms with Gasteiger partial charge in [0.2, 0.25) is 0 Å². The summed E-state index contributed by atoms with van der Waals surface area (Å²) in [7, 11) is 0. The maximum atomic E-state index is 6.48. The van der Waals surface area contributed by atoms with Gasteiger partial charge in [-0.2, -0.15) is 0 Å².